The average Bonchev–Trinajstić information content (AvgIpc) is 3.09. The molecular formula is C24H40Na2O10S2. The predicted octanol–water partition coefficient (Wildman–Crippen LogP) is -3.67. The largest absolute Gasteiger partial charge is 1.00 e. The van der Waals surface area contributed by atoms with Gasteiger partial charge in [0.25, 0.3) is 0 Å². The van der Waals surface area contributed by atoms with Crippen LogP contribution in [0, 0.1) is 46.3 Å². The fraction of sp³-hybridized carbons (Fsp3) is 1.00. The van der Waals surface area contributed by atoms with Crippen LogP contribution in [-0.4, -0.2) is 61.1 Å². The van der Waals surface area contributed by atoms with Crippen molar-refractivity contribution in [2.75, 3.05) is 6.61 Å². The van der Waals surface area contributed by atoms with E-state index in [9.17, 15) is 36.2 Å². The van der Waals surface area contributed by atoms with Crippen molar-refractivity contribution in [2.24, 2.45) is 46.3 Å². The van der Waals surface area contributed by atoms with Gasteiger partial charge in [-0.3, -0.25) is 8.37 Å². The minimum absolute atomic E-state index is 0. The van der Waals surface area contributed by atoms with Crippen molar-refractivity contribution >= 4 is 20.8 Å². The van der Waals surface area contributed by atoms with Gasteiger partial charge in [0.2, 0.25) is 20.8 Å². The van der Waals surface area contributed by atoms with Crippen molar-refractivity contribution in [3.8, 4) is 0 Å². The number of fused-ring (bicyclic) bond motifs is 5. The summed E-state index contributed by atoms with van der Waals surface area (Å²) < 4.78 is 77.5. The molecule has 0 spiro atoms. The smallest absolute Gasteiger partial charge is 0.726 e. The summed E-state index contributed by atoms with van der Waals surface area (Å²) in [6.07, 6.45) is 3.71. The Labute approximate surface area is 271 Å². The molecule has 0 amide bonds. The van der Waals surface area contributed by atoms with Crippen molar-refractivity contribution in [3.05, 3.63) is 0 Å². The second-order valence-electron chi connectivity index (χ2n) is 12.4. The van der Waals surface area contributed by atoms with E-state index in [2.05, 4.69) is 11.1 Å². The first-order chi connectivity index (χ1) is 16.6. The summed E-state index contributed by atoms with van der Waals surface area (Å²) in [7, 11) is -9.72. The molecule has 4 fully saturated rings. The molecule has 2 N–H and O–H groups in total. The number of hydrogen-bond donors (Lipinski definition) is 2. The molecule has 0 heterocycles. The fourth-order valence-electron chi connectivity index (χ4n) is 9.16. The van der Waals surface area contributed by atoms with Gasteiger partial charge in [-0.05, 0) is 98.7 Å². The van der Waals surface area contributed by atoms with Crippen LogP contribution in [0.4, 0.5) is 0 Å². The van der Waals surface area contributed by atoms with Crippen LogP contribution in [0.2, 0.25) is 0 Å². The third kappa shape index (κ3) is 7.23. The third-order valence-corrected chi connectivity index (χ3v) is 11.7. The summed E-state index contributed by atoms with van der Waals surface area (Å²) in [6, 6.07) is 0. The molecule has 11 atom stereocenters. The topological polar surface area (TPSA) is 173 Å². The predicted molar refractivity (Wildman–Crippen MR) is 127 cm³/mol. The molecule has 0 aromatic rings. The van der Waals surface area contributed by atoms with Gasteiger partial charge in [0, 0.05) is 5.41 Å². The molecule has 0 aromatic carbocycles. The molecule has 4 aliphatic carbocycles. The molecule has 0 aliphatic heterocycles. The van der Waals surface area contributed by atoms with Gasteiger partial charge in [-0.2, -0.15) is 0 Å². The SMILES string of the molecule is C[C@H](CCCOS(=O)(=O)[O-])[C@H]1CC[C@H]2[C@@H]3[C@H](O)C[C@H]4C[C@H](O)CC[C@]4(C)[C@H]3C[C@H](OS(=O)(=O)[O-])[C@]12C.[Na+].[Na+]. The number of rotatable bonds is 8. The maximum atomic E-state index is 11.9. The summed E-state index contributed by atoms with van der Waals surface area (Å²) in [4.78, 5) is 0. The molecule has 10 nitrogen and oxygen atoms in total. The molecule has 4 aliphatic rings. The quantitative estimate of drug-likeness (QED) is 0.123. The molecule has 0 bridgehead atoms. The van der Waals surface area contributed by atoms with Gasteiger partial charge in [-0.25, -0.2) is 16.8 Å². The second kappa shape index (κ2) is 13.1. The monoisotopic (exact) mass is 598 g/mol. The van der Waals surface area contributed by atoms with E-state index in [4.69, 9.17) is 4.18 Å². The third-order valence-electron chi connectivity index (χ3n) is 10.8. The number of aliphatic hydroxyl groups excluding tert-OH is 2. The van der Waals surface area contributed by atoms with E-state index in [0.29, 0.717) is 38.5 Å². The van der Waals surface area contributed by atoms with E-state index in [1.54, 1.807) is 0 Å². The van der Waals surface area contributed by atoms with Crippen LogP contribution < -0.4 is 59.1 Å². The molecule has 0 radical (unpaired) electrons. The molecule has 14 heteroatoms. The van der Waals surface area contributed by atoms with E-state index >= 15 is 0 Å². The summed E-state index contributed by atoms with van der Waals surface area (Å²) in [6.45, 7) is 5.98. The number of aliphatic hydroxyl groups is 2. The van der Waals surface area contributed by atoms with E-state index in [1.165, 1.54) is 0 Å². The Morgan fingerprint density at radius 2 is 1.61 bits per heavy atom. The normalized spacial score (nSPS) is 43.6. The van der Waals surface area contributed by atoms with Crippen LogP contribution in [0.15, 0.2) is 0 Å². The van der Waals surface area contributed by atoms with Crippen LogP contribution in [0.3, 0.4) is 0 Å². The molecule has 4 rings (SSSR count). The summed E-state index contributed by atoms with van der Waals surface area (Å²) in [5.41, 5.74) is -0.842. The maximum absolute atomic E-state index is 11.9. The number of hydrogen-bond acceptors (Lipinski definition) is 10. The van der Waals surface area contributed by atoms with Crippen LogP contribution in [0.1, 0.15) is 78.6 Å². The molecule has 0 saturated heterocycles. The molecular weight excluding hydrogens is 558 g/mol. The van der Waals surface area contributed by atoms with Gasteiger partial charge >= 0.3 is 59.1 Å². The van der Waals surface area contributed by atoms with Crippen LogP contribution >= 0.6 is 0 Å². The molecule has 38 heavy (non-hydrogen) atoms. The van der Waals surface area contributed by atoms with Gasteiger partial charge in [0.1, 0.15) is 0 Å². The zero-order chi connectivity index (χ0) is 26.7. The molecule has 0 aromatic heterocycles. The molecule has 0 unspecified atom stereocenters. The van der Waals surface area contributed by atoms with Gasteiger partial charge in [-0.15, -0.1) is 0 Å². The first-order valence-electron chi connectivity index (χ1n) is 13.2. The minimum atomic E-state index is -4.97. The Balaban J connectivity index is 0.00000253. The van der Waals surface area contributed by atoms with E-state index in [0.717, 1.165) is 19.3 Å². The van der Waals surface area contributed by atoms with E-state index in [-0.39, 0.29) is 107 Å². The Bertz CT molecular complexity index is 1030. The average molecular weight is 599 g/mol. The Hall–Kier alpha value is 1.66. The minimum Gasteiger partial charge on any atom is -0.726 e. The van der Waals surface area contributed by atoms with Gasteiger partial charge in [0.05, 0.1) is 24.9 Å². The standard InChI is InChI=1S/C24H42O10S2.2Na/c1-14(5-4-10-33-35(27,28)29)17-6-7-18-22-19(13-21(24(17,18)3)34-36(30,31)32)23(2)9-8-16(25)11-15(23)12-20(22)26;;/h14-22,25-26H,4-13H2,1-3H3,(H,27,28,29)(H,30,31,32);;/q;2*+1/p-2/t14-,15-,16-,17-,18+,19+,20-,21+,22+,23+,24-;;/m1../s1. The molecule has 210 valence electrons. The van der Waals surface area contributed by atoms with E-state index in [1.807, 2.05) is 13.8 Å². The van der Waals surface area contributed by atoms with Crippen LogP contribution in [0.5, 0.6) is 0 Å². The maximum Gasteiger partial charge on any atom is 1.00 e. The Kier molecular flexibility index (Phi) is 12.4. The fourth-order valence-corrected chi connectivity index (χ4v) is 10.1. The van der Waals surface area contributed by atoms with Crippen molar-refractivity contribution in [3.63, 3.8) is 0 Å². The summed E-state index contributed by atoms with van der Waals surface area (Å²) in [5.74, 6) is 0.0436. The summed E-state index contributed by atoms with van der Waals surface area (Å²) >= 11 is 0. The first kappa shape index (κ1) is 35.9. The van der Waals surface area contributed by atoms with Crippen LogP contribution in [-0.2, 0) is 29.2 Å². The Morgan fingerprint density at radius 1 is 0.947 bits per heavy atom. The van der Waals surface area contributed by atoms with Gasteiger partial charge in [-0.1, -0.05) is 20.8 Å². The van der Waals surface area contributed by atoms with E-state index < -0.39 is 44.5 Å². The molecule has 4 saturated carbocycles. The van der Waals surface area contributed by atoms with Crippen molar-refractivity contribution in [1.29, 1.82) is 0 Å². The van der Waals surface area contributed by atoms with Crippen molar-refractivity contribution in [2.45, 2.75) is 96.9 Å². The summed E-state index contributed by atoms with van der Waals surface area (Å²) in [5, 5.41) is 21.7. The van der Waals surface area contributed by atoms with Crippen LogP contribution in [0.25, 0.3) is 0 Å². The van der Waals surface area contributed by atoms with Gasteiger partial charge < -0.3 is 19.3 Å². The first-order valence-corrected chi connectivity index (χ1v) is 15.8. The van der Waals surface area contributed by atoms with Crippen molar-refractivity contribution in [1.82, 2.24) is 0 Å². The zero-order valence-corrected chi connectivity index (χ0v) is 28.9. The van der Waals surface area contributed by atoms with Gasteiger partial charge in [0.15, 0.2) is 0 Å². The Morgan fingerprint density at radius 3 is 2.21 bits per heavy atom. The second-order valence-corrected chi connectivity index (χ2v) is 14.4. The van der Waals surface area contributed by atoms with Crippen molar-refractivity contribution < 1.29 is 104 Å². The zero-order valence-electron chi connectivity index (χ0n) is 23.2.